The number of rotatable bonds is 6. The first-order valence-corrected chi connectivity index (χ1v) is 11.4. The molecule has 0 amide bonds. The Morgan fingerprint density at radius 3 is 2.80 bits per heavy atom. The Hall–Kier alpha value is -2.39. The van der Waals surface area contributed by atoms with Crippen molar-refractivity contribution < 1.29 is 8.76 Å². The molecular formula is C22H25N5O2S. The van der Waals surface area contributed by atoms with Gasteiger partial charge in [0.05, 0.1) is 12.2 Å². The second-order valence-corrected chi connectivity index (χ2v) is 8.85. The van der Waals surface area contributed by atoms with E-state index in [1.54, 1.807) is 0 Å². The molecule has 7 nitrogen and oxygen atoms in total. The van der Waals surface area contributed by atoms with Crippen LogP contribution >= 0.6 is 0 Å². The van der Waals surface area contributed by atoms with Crippen LogP contribution < -0.4 is 4.72 Å². The highest BCUT2D eigenvalue weighted by atomic mass is 32.2. The lowest BCUT2D eigenvalue weighted by Crippen LogP contribution is -2.32. The average Bonchev–Trinajstić information content (AvgIpc) is 3.33. The molecule has 1 saturated heterocycles. The third-order valence-corrected chi connectivity index (χ3v) is 6.57. The fourth-order valence-electron chi connectivity index (χ4n) is 4.65. The summed E-state index contributed by atoms with van der Waals surface area (Å²) in [6, 6.07) is 16.9. The van der Waals surface area contributed by atoms with Gasteiger partial charge in [0.15, 0.2) is 0 Å². The van der Waals surface area contributed by atoms with E-state index in [1.165, 1.54) is 22.4 Å². The van der Waals surface area contributed by atoms with Crippen LogP contribution in [0.25, 0.3) is 11.3 Å². The van der Waals surface area contributed by atoms with Crippen LogP contribution in [0.2, 0.25) is 0 Å². The highest BCUT2D eigenvalue weighted by molar-refractivity contribution is 7.77. The van der Waals surface area contributed by atoms with Gasteiger partial charge in [0.1, 0.15) is 5.69 Å². The molecule has 156 valence electrons. The van der Waals surface area contributed by atoms with E-state index in [2.05, 4.69) is 56.3 Å². The van der Waals surface area contributed by atoms with Gasteiger partial charge in [0.25, 0.3) is 0 Å². The first kappa shape index (κ1) is 19.6. The SMILES string of the molecule is O=S(O)NCc1cccc(C2CCN(Cc3nnn4c3-c3ccccc3C4)CC2)c1. The number of hydrogen-bond donors (Lipinski definition) is 2. The Morgan fingerprint density at radius 2 is 1.97 bits per heavy atom. The van der Waals surface area contributed by atoms with E-state index < -0.39 is 11.3 Å². The minimum Gasteiger partial charge on any atom is -0.297 e. The highest BCUT2D eigenvalue weighted by Crippen LogP contribution is 2.34. The molecule has 30 heavy (non-hydrogen) atoms. The summed E-state index contributed by atoms with van der Waals surface area (Å²) in [7, 11) is 0. The van der Waals surface area contributed by atoms with Crippen molar-refractivity contribution in [3.8, 4) is 11.3 Å². The molecule has 2 aromatic carbocycles. The Morgan fingerprint density at radius 1 is 1.13 bits per heavy atom. The van der Waals surface area contributed by atoms with Crippen LogP contribution in [0.15, 0.2) is 48.5 Å². The van der Waals surface area contributed by atoms with E-state index >= 15 is 0 Å². The van der Waals surface area contributed by atoms with Crippen LogP contribution in [0.4, 0.5) is 0 Å². The quantitative estimate of drug-likeness (QED) is 0.466. The molecule has 0 spiro atoms. The van der Waals surface area contributed by atoms with Crippen molar-refractivity contribution in [2.45, 2.75) is 38.4 Å². The number of benzene rings is 2. The molecule has 2 N–H and O–H groups in total. The predicted octanol–water partition coefficient (Wildman–Crippen LogP) is 2.91. The van der Waals surface area contributed by atoms with E-state index in [1.807, 2.05) is 16.8 Å². The van der Waals surface area contributed by atoms with Crippen molar-refractivity contribution >= 4 is 11.3 Å². The van der Waals surface area contributed by atoms with E-state index in [9.17, 15) is 4.21 Å². The maximum atomic E-state index is 10.8. The second kappa shape index (κ2) is 8.39. The van der Waals surface area contributed by atoms with Crippen LogP contribution in [0, 0.1) is 0 Å². The Balaban J connectivity index is 1.22. The molecule has 0 saturated carbocycles. The molecule has 2 aliphatic heterocycles. The molecule has 5 rings (SSSR count). The van der Waals surface area contributed by atoms with Gasteiger partial charge in [-0.25, -0.2) is 13.6 Å². The molecule has 1 fully saturated rings. The molecule has 1 unspecified atom stereocenters. The van der Waals surface area contributed by atoms with E-state index in [0.717, 1.165) is 50.3 Å². The number of hydrogen-bond acceptors (Lipinski definition) is 4. The fourth-order valence-corrected chi connectivity index (χ4v) is 4.94. The molecule has 0 bridgehead atoms. The van der Waals surface area contributed by atoms with Crippen molar-refractivity contribution in [1.29, 1.82) is 0 Å². The minimum atomic E-state index is -1.98. The summed E-state index contributed by atoms with van der Waals surface area (Å²) in [5, 5.41) is 8.85. The molecular weight excluding hydrogens is 398 g/mol. The summed E-state index contributed by atoms with van der Waals surface area (Å²) >= 11 is -1.98. The summed E-state index contributed by atoms with van der Waals surface area (Å²) < 4.78 is 24.3. The third kappa shape index (κ3) is 3.96. The zero-order valence-corrected chi connectivity index (χ0v) is 17.5. The van der Waals surface area contributed by atoms with Crippen molar-refractivity contribution in [3.63, 3.8) is 0 Å². The van der Waals surface area contributed by atoms with Gasteiger partial charge in [-0.1, -0.05) is 53.7 Å². The van der Waals surface area contributed by atoms with Gasteiger partial charge >= 0.3 is 0 Å². The van der Waals surface area contributed by atoms with Crippen LogP contribution in [-0.4, -0.2) is 41.7 Å². The number of fused-ring (bicyclic) bond motifs is 3. The monoisotopic (exact) mass is 423 g/mol. The highest BCUT2D eigenvalue weighted by Gasteiger charge is 2.27. The maximum Gasteiger partial charge on any atom is 0.232 e. The average molecular weight is 424 g/mol. The van der Waals surface area contributed by atoms with E-state index in [4.69, 9.17) is 4.55 Å². The summed E-state index contributed by atoms with van der Waals surface area (Å²) in [4.78, 5) is 2.47. The van der Waals surface area contributed by atoms with Crippen molar-refractivity contribution in [3.05, 3.63) is 70.9 Å². The largest absolute Gasteiger partial charge is 0.297 e. The van der Waals surface area contributed by atoms with Crippen LogP contribution in [0.3, 0.4) is 0 Å². The molecule has 1 atom stereocenters. The first-order chi connectivity index (χ1) is 14.7. The molecule has 1 aromatic heterocycles. The first-order valence-electron chi connectivity index (χ1n) is 10.3. The van der Waals surface area contributed by atoms with Gasteiger partial charge in [-0.3, -0.25) is 9.45 Å². The normalized spacial score (nSPS) is 17.6. The lowest BCUT2D eigenvalue weighted by Gasteiger charge is -2.32. The summed E-state index contributed by atoms with van der Waals surface area (Å²) in [5.74, 6) is 0.521. The molecule has 0 radical (unpaired) electrons. The Labute approximate surface area is 178 Å². The van der Waals surface area contributed by atoms with Crippen molar-refractivity contribution in [1.82, 2.24) is 24.6 Å². The van der Waals surface area contributed by atoms with Gasteiger partial charge < -0.3 is 0 Å². The molecule has 8 heteroatoms. The van der Waals surface area contributed by atoms with Crippen molar-refractivity contribution in [2.75, 3.05) is 13.1 Å². The third-order valence-electron chi connectivity index (χ3n) is 6.18. The standard InChI is InChI=1S/C22H25N5O2S/c28-30(29)23-13-16-4-3-6-18(12-16)17-8-10-26(11-9-17)15-21-22-20-7-2-1-5-19(20)14-27(22)25-24-21/h1-7,12,17,23H,8-11,13-15H2,(H,28,29). The molecule has 0 aliphatic carbocycles. The minimum absolute atomic E-state index is 0.399. The summed E-state index contributed by atoms with van der Waals surface area (Å²) in [6.07, 6.45) is 2.20. The van der Waals surface area contributed by atoms with Gasteiger partial charge in [0, 0.05) is 18.7 Å². The number of aromatic nitrogens is 3. The van der Waals surface area contributed by atoms with Crippen LogP contribution in [0.5, 0.6) is 0 Å². The summed E-state index contributed by atoms with van der Waals surface area (Å²) in [5.41, 5.74) is 7.19. The zero-order chi connectivity index (χ0) is 20.5. The fraction of sp³-hybridized carbons (Fsp3) is 0.364. The number of nitrogens with one attached hydrogen (secondary N) is 1. The molecule has 3 heterocycles. The maximum absolute atomic E-state index is 10.8. The molecule has 3 aromatic rings. The number of nitrogens with zero attached hydrogens (tertiary/aromatic N) is 4. The summed E-state index contributed by atoms with van der Waals surface area (Å²) in [6.45, 7) is 4.11. The lowest BCUT2D eigenvalue weighted by atomic mass is 9.88. The zero-order valence-electron chi connectivity index (χ0n) is 16.7. The van der Waals surface area contributed by atoms with Gasteiger partial charge in [-0.05, 0) is 48.5 Å². The number of piperidine rings is 1. The Bertz CT molecular complexity index is 1070. The second-order valence-electron chi connectivity index (χ2n) is 8.07. The van der Waals surface area contributed by atoms with Gasteiger partial charge in [-0.2, -0.15) is 0 Å². The van der Waals surface area contributed by atoms with E-state index in [0.29, 0.717) is 12.5 Å². The van der Waals surface area contributed by atoms with Gasteiger partial charge in [-0.15, -0.1) is 5.10 Å². The Kier molecular flexibility index (Phi) is 5.47. The number of likely N-dealkylation sites (tertiary alicyclic amines) is 1. The molecule has 2 aliphatic rings. The lowest BCUT2D eigenvalue weighted by molar-refractivity contribution is 0.202. The van der Waals surface area contributed by atoms with Gasteiger partial charge in [0.2, 0.25) is 11.3 Å². The topological polar surface area (TPSA) is 83.3 Å². The van der Waals surface area contributed by atoms with E-state index in [-0.39, 0.29) is 0 Å². The van der Waals surface area contributed by atoms with Crippen LogP contribution in [0.1, 0.15) is 41.1 Å². The predicted molar refractivity (Wildman–Crippen MR) is 116 cm³/mol. The van der Waals surface area contributed by atoms with Crippen molar-refractivity contribution in [2.24, 2.45) is 0 Å². The van der Waals surface area contributed by atoms with Crippen LogP contribution in [-0.2, 0) is 30.9 Å². The smallest absolute Gasteiger partial charge is 0.232 e.